The van der Waals surface area contributed by atoms with E-state index in [9.17, 15) is 14.7 Å². The van der Waals surface area contributed by atoms with Crippen molar-refractivity contribution in [1.82, 2.24) is 9.78 Å². The molecule has 1 aromatic heterocycles. The number of para-hydroxylation sites is 1. The zero-order valence-corrected chi connectivity index (χ0v) is 16.1. The molecule has 0 saturated heterocycles. The van der Waals surface area contributed by atoms with Gasteiger partial charge in [0.1, 0.15) is 17.1 Å². The second kappa shape index (κ2) is 7.44. The fraction of sp³-hybridized carbons (Fsp3) is 0.0952. The topological polar surface area (TPSA) is 96.3 Å². The molecule has 0 fully saturated rings. The summed E-state index contributed by atoms with van der Waals surface area (Å²) in [5, 5.41) is 20.1. The molecule has 0 aliphatic carbocycles. The van der Waals surface area contributed by atoms with Gasteiger partial charge in [0.05, 0.1) is 12.2 Å². The van der Waals surface area contributed by atoms with Crippen LogP contribution in [-0.4, -0.2) is 26.8 Å². The third-order valence-corrected chi connectivity index (χ3v) is 4.97. The number of aromatic nitrogens is 2. The molecule has 1 atom stereocenters. The van der Waals surface area contributed by atoms with Gasteiger partial charge >= 0.3 is 5.97 Å². The zero-order valence-electron chi connectivity index (χ0n) is 15.4. The van der Waals surface area contributed by atoms with E-state index in [0.717, 1.165) is 11.1 Å². The molecule has 1 aliphatic heterocycles. The molecule has 1 amide bonds. The highest BCUT2D eigenvalue weighted by Gasteiger charge is 2.29. The number of amides is 1. The van der Waals surface area contributed by atoms with Crippen LogP contribution in [0.1, 0.15) is 27.5 Å². The lowest BCUT2D eigenvalue weighted by Crippen LogP contribution is -2.25. The number of carbonyl (C=O) groups excluding carboxylic acids is 1. The lowest BCUT2D eigenvalue weighted by Gasteiger charge is -2.24. The highest BCUT2D eigenvalue weighted by atomic mass is 35.5. The van der Waals surface area contributed by atoms with E-state index in [0.29, 0.717) is 16.5 Å². The van der Waals surface area contributed by atoms with Crippen LogP contribution < -0.4 is 10.6 Å². The number of rotatable bonds is 4. The molecule has 0 spiro atoms. The van der Waals surface area contributed by atoms with E-state index in [-0.39, 0.29) is 17.2 Å². The summed E-state index contributed by atoms with van der Waals surface area (Å²) in [6.07, 6.45) is 2.98. The monoisotopic (exact) mass is 408 g/mol. The Hall–Kier alpha value is -3.58. The average Bonchev–Trinajstić information content (AvgIpc) is 3.14. The van der Waals surface area contributed by atoms with Crippen molar-refractivity contribution in [3.05, 3.63) is 88.2 Å². The van der Waals surface area contributed by atoms with Gasteiger partial charge < -0.3 is 15.7 Å². The van der Waals surface area contributed by atoms with Crippen LogP contribution in [0.25, 0.3) is 0 Å². The molecule has 4 rings (SSSR count). The fourth-order valence-corrected chi connectivity index (χ4v) is 3.31. The number of hydrogen-bond acceptors (Lipinski definition) is 4. The van der Waals surface area contributed by atoms with E-state index in [1.807, 2.05) is 25.1 Å². The summed E-state index contributed by atoms with van der Waals surface area (Å²) in [5.74, 6) is -1.19. The molecule has 0 radical (unpaired) electrons. The third kappa shape index (κ3) is 3.60. The molecule has 2 heterocycles. The summed E-state index contributed by atoms with van der Waals surface area (Å²) in [5.41, 5.74) is 2.61. The van der Waals surface area contributed by atoms with Crippen molar-refractivity contribution in [2.45, 2.75) is 13.0 Å². The number of carboxylic acid groups (broad SMARTS) is 1. The number of aliphatic carboxylic acids is 1. The van der Waals surface area contributed by atoms with Crippen LogP contribution in [0.2, 0.25) is 5.02 Å². The molecule has 146 valence electrons. The third-order valence-electron chi connectivity index (χ3n) is 4.72. The summed E-state index contributed by atoms with van der Waals surface area (Å²) in [6, 6.07) is 14.0. The first-order valence-electron chi connectivity index (χ1n) is 8.86. The van der Waals surface area contributed by atoms with Crippen LogP contribution in [0.3, 0.4) is 0 Å². The molecule has 1 aliphatic rings. The molecule has 7 nitrogen and oxygen atoms in total. The van der Waals surface area contributed by atoms with Gasteiger partial charge in [-0.05, 0) is 42.3 Å². The Morgan fingerprint density at radius 2 is 1.90 bits per heavy atom. The SMILES string of the molecule is Cc1ccccc1NC(=O)c1cnn2c1NC(C(=O)O)=C[C@H]2c1ccc(Cl)cc1. The molecule has 0 unspecified atom stereocenters. The molecule has 2 aromatic carbocycles. The Labute approximate surface area is 171 Å². The number of allylic oxidation sites excluding steroid dienone is 1. The van der Waals surface area contributed by atoms with Gasteiger partial charge in [-0.3, -0.25) is 4.79 Å². The quantitative estimate of drug-likeness (QED) is 0.604. The van der Waals surface area contributed by atoms with Gasteiger partial charge in [-0.2, -0.15) is 5.10 Å². The summed E-state index contributed by atoms with van der Waals surface area (Å²) in [4.78, 5) is 24.5. The van der Waals surface area contributed by atoms with Gasteiger partial charge in [0.15, 0.2) is 0 Å². The molecule has 3 aromatic rings. The van der Waals surface area contributed by atoms with E-state index in [4.69, 9.17) is 11.6 Å². The first-order valence-corrected chi connectivity index (χ1v) is 9.24. The molecular formula is C21H17ClN4O3. The number of halogens is 1. The van der Waals surface area contributed by atoms with Crippen LogP contribution >= 0.6 is 11.6 Å². The number of nitrogens with zero attached hydrogens (tertiary/aromatic N) is 2. The maximum absolute atomic E-state index is 12.9. The van der Waals surface area contributed by atoms with Crippen molar-refractivity contribution in [3.63, 3.8) is 0 Å². The summed E-state index contributed by atoms with van der Waals surface area (Å²) >= 11 is 5.97. The van der Waals surface area contributed by atoms with Gasteiger partial charge in [-0.15, -0.1) is 0 Å². The van der Waals surface area contributed by atoms with Gasteiger partial charge in [0.25, 0.3) is 5.91 Å². The van der Waals surface area contributed by atoms with Crippen LogP contribution in [0.15, 0.2) is 66.5 Å². The normalized spacial score (nSPS) is 15.1. The lowest BCUT2D eigenvalue weighted by molar-refractivity contribution is -0.132. The second-order valence-corrected chi connectivity index (χ2v) is 7.06. The highest BCUT2D eigenvalue weighted by Crippen LogP contribution is 2.33. The first kappa shape index (κ1) is 18.8. The Kier molecular flexibility index (Phi) is 4.82. The van der Waals surface area contributed by atoms with Crippen molar-refractivity contribution in [1.29, 1.82) is 0 Å². The summed E-state index contributed by atoms with van der Waals surface area (Å²) in [6.45, 7) is 1.89. The standard InChI is InChI=1S/C21H17ClN4O3/c1-12-4-2-3-5-16(12)25-20(27)15-11-23-26-18(13-6-8-14(22)9-7-13)10-17(21(28)29)24-19(15)26/h2-11,18,24H,1H3,(H,25,27)(H,28,29)/t18-/m0/s1. The van der Waals surface area contributed by atoms with Crippen LogP contribution in [0.4, 0.5) is 11.5 Å². The molecule has 0 bridgehead atoms. The van der Waals surface area contributed by atoms with Gasteiger partial charge in [-0.25, -0.2) is 9.48 Å². The number of aryl methyl sites for hydroxylation is 1. The zero-order chi connectivity index (χ0) is 20.5. The van der Waals surface area contributed by atoms with Crippen LogP contribution in [-0.2, 0) is 4.79 Å². The fourth-order valence-electron chi connectivity index (χ4n) is 3.19. The number of carbonyl (C=O) groups is 2. The highest BCUT2D eigenvalue weighted by molar-refractivity contribution is 6.30. The maximum Gasteiger partial charge on any atom is 0.352 e. The number of anilines is 2. The van der Waals surface area contributed by atoms with Crippen molar-refractivity contribution in [2.24, 2.45) is 0 Å². The first-order chi connectivity index (χ1) is 13.9. The molecule has 3 N–H and O–H groups in total. The largest absolute Gasteiger partial charge is 0.477 e. The van der Waals surface area contributed by atoms with E-state index in [1.54, 1.807) is 41.1 Å². The Morgan fingerprint density at radius 3 is 2.59 bits per heavy atom. The minimum Gasteiger partial charge on any atom is -0.477 e. The smallest absolute Gasteiger partial charge is 0.352 e. The van der Waals surface area contributed by atoms with E-state index >= 15 is 0 Å². The number of nitrogens with one attached hydrogen (secondary N) is 2. The van der Waals surface area contributed by atoms with Crippen molar-refractivity contribution < 1.29 is 14.7 Å². The van der Waals surface area contributed by atoms with Crippen LogP contribution in [0, 0.1) is 6.92 Å². The van der Waals surface area contributed by atoms with Crippen molar-refractivity contribution >= 4 is 35.0 Å². The molecule has 8 heteroatoms. The summed E-state index contributed by atoms with van der Waals surface area (Å²) < 4.78 is 1.59. The number of carboxylic acids is 1. The lowest BCUT2D eigenvalue weighted by atomic mass is 10.0. The predicted molar refractivity (Wildman–Crippen MR) is 110 cm³/mol. The predicted octanol–water partition coefficient (Wildman–Crippen LogP) is 4.08. The Morgan fingerprint density at radius 1 is 1.17 bits per heavy atom. The van der Waals surface area contributed by atoms with E-state index < -0.39 is 12.0 Å². The molecule has 0 saturated carbocycles. The molecule has 29 heavy (non-hydrogen) atoms. The van der Waals surface area contributed by atoms with Crippen LogP contribution in [0.5, 0.6) is 0 Å². The molecular weight excluding hydrogens is 392 g/mol. The summed E-state index contributed by atoms with van der Waals surface area (Å²) in [7, 11) is 0. The van der Waals surface area contributed by atoms with Crippen molar-refractivity contribution in [2.75, 3.05) is 10.6 Å². The van der Waals surface area contributed by atoms with Gasteiger partial charge in [0.2, 0.25) is 0 Å². The van der Waals surface area contributed by atoms with E-state index in [1.165, 1.54) is 6.20 Å². The minimum absolute atomic E-state index is 0.0251. The number of hydrogen-bond donors (Lipinski definition) is 3. The van der Waals surface area contributed by atoms with Gasteiger partial charge in [-0.1, -0.05) is 41.9 Å². The number of benzene rings is 2. The van der Waals surface area contributed by atoms with Gasteiger partial charge in [0, 0.05) is 10.7 Å². The van der Waals surface area contributed by atoms with Crippen molar-refractivity contribution in [3.8, 4) is 0 Å². The average molecular weight is 409 g/mol. The Bertz CT molecular complexity index is 1140. The van der Waals surface area contributed by atoms with E-state index in [2.05, 4.69) is 15.7 Å². The second-order valence-electron chi connectivity index (χ2n) is 6.63. The Balaban J connectivity index is 1.73. The number of fused-ring (bicyclic) bond motifs is 1. The minimum atomic E-state index is -1.12. The maximum atomic E-state index is 12.9.